The van der Waals surface area contributed by atoms with Crippen LogP contribution < -0.4 is 5.73 Å². The minimum Gasteiger partial charge on any atom is -0.370 e. The SMILES string of the molecule is C[C@@](CC(N)=O)(OCC#N)c1cc([N+](=O)[O-])ccc1F. The van der Waals surface area contributed by atoms with Crippen LogP contribution in [-0.2, 0) is 15.1 Å². The van der Waals surface area contributed by atoms with Crippen molar-refractivity contribution in [2.24, 2.45) is 5.73 Å². The highest BCUT2D eigenvalue weighted by Crippen LogP contribution is 2.33. The molecule has 1 amide bonds. The van der Waals surface area contributed by atoms with Crippen LogP contribution in [0.2, 0.25) is 0 Å². The number of ether oxygens (including phenoxy) is 1. The zero-order chi connectivity index (χ0) is 15.3. The number of amides is 1. The van der Waals surface area contributed by atoms with Crippen molar-refractivity contribution < 1.29 is 18.8 Å². The van der Waals surface area contributed by atoms with Gasteiger partial charge in [-0.3, -0.25) is 14.9 Å². The number of nitrogens with two attached hydrogens (primary N) is 1. The van der Waals surface area contributed by atoms with Gasteiger partial charge in [0.05, 0.1) is 17.4 Å². The maximum atomic E-state index is 13.9. The summed E-state index contributed by atoms with van der Waals surface area (Å²) in [5.74, 6) is -1.56. The highest BCUT2D eigenvalue weighted by molar-refractivity contribution is 5.75. The number of primary amides is 1. The van der Waals surface area contributed by atoms with Gasteiger partial charge in [-0.1, -0.05) is 0 Å². The van der Waals surface area contributed by atoms with E-state index in [9.17, 15) is 19.3 Å². The van der Waals surface area contributed by atoms with E-state index in [1.165, 1.54) is 6.92 Å². The molecule has 0 saturated carbocycles. The lowest BCUT2D eigenvalue weighted by atomic mass is 9.91. The second-order valence-electron chi connectivity index (χ2n) is 4.24. The summed E-state index contributed by atoms with van der Waals surface area (Å²) in [4.78, 5) is 21.1. The number of nitriles is 1. The maximum Gasteiger partial charge on any atom is 0.270 e. The number of hydrogen-bond acceptors (Lipinski definition) is 5. The van der Waals surface area contributed by atoms with Crippen LogP contribution in [0, 0.1) is 27.3 Å². The van der Waals surface area contributed by atoms with Crippen molar-refractivity contribution >= 4 is 11.6 Å². The molecule has 106 valence electrons. The number of carbonyl (C=O) groups excluding carboxylic acids is 1. The third-order valence-electron chi connectivity index (χ3n) is 2.70. The van der Waals surface area contributed by atoms with E-state index in [2.05, 4.69) is 0 Å². The Morgan fingerprint density at radius 2 is 2.30 bits per heavy atom. The van der Waals surface area contributed by atoms with Crippen molar-refractivity contribution in [3.63, 3.8) is 0 Å². The summed E-state index contributed by atoms with van der Waals surface area (Å²) in [6.07, 6.45) is -0.410. The lowest BCUT2D eigenvalue weighted by molar-refractivity contribution is -0.385. The number of benzene rings is 1. The van der Waals surface area contributed by atoms with Crippen molar-refractivity contribution in [2.45, 2.75) is 18.9 Å². The molecule has 0 radical (unpaired) electrons. The molecule has 0 aliphatic heterocycles. The molecule has 0 unspecified atom stereocenters. The van der Waals surface area contributed by atoms with E-state index in [4.69, 9.17) is 15.7 Å². The van der Waals surface area contributed by atoms with E-state index in [-0.39, 0.29) is 11.3 Å². The molecule has 2 N–H and O–H groups in total. The van der Waals surface area contributed by atoms with Crippen molar-refractivity contribution in [3.8, 4) is 6.07 Å². The van der Waals surface area contributed by atoms with E-state index in [1.807, 2.05) is 0 Å². The molecule has 1 rings (SSSR count). The predicted octanol–water partition coefficient (Wildman–Crippen LogP) is 1.36. The third-order valence-corrected chi connectivity index (χ3v) is 2.70. The van der Waals surface area contributed by atoms with Crippen LogP contribution in [0.25, 0.3) is 0 Å². The summed E-state index contributed by atoms with van der Waals surface area (Å²) in [5, 5.41) is 19.3. The Labute approximate surface area is 113 Å². The minimum atomic E-state index is -1.54. The minimum absolute atomic E-state index is 0.194. The molecule has 1 aromatic carbocycles. The molecule has 1 aromatic rings. The number of halogens is 1. The molecule has 1 atom stereocenters. The van der Waals surface area contributed by atoms with Gasteiger partial charge in [-0.2, -0.15) is 5.26 Å². The number of nitrogens with zero attached hydrogens (tertiary/aromatic N) is 2. The highest BCUT2D eigenvalue weighted by atomic mass is 19.1. The first-order chi connectivity index (χ1) is 9.30. The lowest BCUT2D eigenvalue weighted by Crippen LogP contribution is -2.33. The Bertz CT molecular complexity index is 585. The van der Waals surface area contributed by atoms with Gasteiger partial charge in [0.25, 0.3) is 5.69 Å². The van der Waals surface area contributed by atoms with Crippen LogP contribution in [-0.4, -0.2) is 17.4 Å². The van der Waals surface area contributed by atoms with E-state index in [0.29, 0.717) is 0 Å². The first-order valence-electron chi connectivity index (χ1n) is 5.54. The molecule has 0 aromatic heterocycles. The van der Waals surface area contributed by atoms with Crippen molar-refractivity contribution in [2.75, 3.05) is 6.61 Å². The van der Waals surface area contributed by atoms with Gasteiger partial charge in [-0.05, 0) is 13.0 Å². The Kier molecular flexibility index (Phi) is 4.72. The Balaban J connectivity index is 3.32. The van der Waals surface area contributed by atoms with Gasteiger partial charge in [-0.25, -0.2) is 4.39 Å². The normalized spacial score (nSPS) is 13.2. The van der Waals surface area contributed by atoms with Crippen LogP contribution in [0.1, 0.15) is 18.9 Å². The van der Waals surface area contributed by atoms with Crippen molar-refractivity contribution in [1.82, 2.24) is 0 Å². The number of carbonyl (C=O) groups is 1. The van der Waals surface area contributed by atoms with Gasteiger partial charge < -0.3 is 10.5 Å². The zero-order valence-corrected chi connectivity index (χ0v) is 10.6. The monoisotopic (exact) mass is 281 g/mol. The van der Waals surface area contributed by atoms with Crippen LogP contribution in [0.15, 0.2) is 18.2 Å². The third kappa shape index (κ3) is 3.49. The zero-order valence-electron chi connectivity index (χ0n) is 10.6. The smallest absolute Gasteiger partial charge is 0.270 e. The molecule has 0 fully saturated rings. The molecular formula is C12H12FN3O4. The first kappa shape index (κ1) is 15.5. The Morgan fingerprint density at radius 3 is 2.80 bits per heavy atom. The molecule has 0 spiro atoms. The number of hydrogen-bond donors (Lipinski definition) is 1. The average molecular weight is 281 g/mol. The summed E-state index contributed by atoms with van der Waals surface area (Å²) < 4.78 is 19.0. The van der Waals surface area contributed by atoms with Gasteiger partial charge in [0.2, 0.25) is 5.91 Å². The largest absolute Gasteiger partial charge is 0.370 e. The fourth-order valence-corrected chi connectivity index (χ4v) is 1.78. The van der Waals surface area contributed by atoms with Crippen molar-refractivity contribution in [1.29, 1.82) is 5.26 Å². The summed E-state index contributed by atoms with van der Waals surface area (Å²) in [5.41, 5.74) is 2.99. The molecule has 0 heterocycles. The van der Waals surface area contributed by atoms with Gasteiger partial charge >= 0.3 is 0 Å². The van der Waals surface area contributed by atoms with Gasteiger partial charge in [0, 0.05) is 17.7 Å². The maximum absolute atomic E-state index is 13.9. The van der Waals surface area contributed by atoms with E-state index in [0.717, 1.165) is 18.2 Å². The van der Waals surface area contributed by atoms with E-state index in [1.54, 1.807) is 6.07 Å². The van der Waals surface area contributed by atoms with Crippen LogP contribution in [0.3, 0.4) is 0 Å². The first-order valence-corrected chi connectivity index (χ1v) is 5.54. The number of non-ortho nitro benzene ring substituents is 1. The molecule has 7 nitrogen and oxygen atoms in total. The summed E-state index contributed by atoms with van der Waals surface area (Å²) in [6.45, 7) is 0.934. The number of nitro benzene ring substituents is 1. The molecule has 0 aliphatic rings. The van der Waals surface area contributed by atoms with Crippen molar-refractivity contribution in [3.05, 3.63) is 39.7 Å². The standard InChI is InChI=1S/C12H12FN3O4/c1-12(7-11(15)17,20-5-4-14)9-6-8(16(18)19)2-3-10(9)13/h2-3,6H,5,7H2,1H3,(H2,15,17)/t12-/m0/s1. The van der Waals surface area contributed by atoms with Crippen LogP contribution in [0.4, 0.5) is 10.1 Å². The molecule has 0 aliphatic carbocycles. The van der Waals surface area contributed by atoms with Gasteiger partial charge in [0.15, 0.2) is 0 Å². The molecular weight excluding hydrogens is 269 g/mol. The van der Waals surface area contributed by atoms with E-state index >= 15 is 0 Å². The Hall–Kier alpha value is -2.53. The fraction of sp³-hybridized carbons (Fsp3) is 0.333. The van der Waals surface area contributed by atoms with Crippen LogP contribution in [0.5, 0.6) is 0 Å². The topological polar surface area (TPSA) is 119 Å². The Morgan fingerprint density at radius 1 is 1.65 bits per heavy atom. The quantitative estimate of drug-likeness (QED) is 0.623. The summed E-state index contributed by atoms with van der Waals surface area (Å²) in [6, 6.07) is 4.56. The second-order valence-corrected chi connectivity index (χ2v) is 4.24. The fourth-order valence-electron chi connectivity index (χ4n) is 1.78. The van der Waals surface area contributed by atoms with Gasteiger partial charge in [-0.15, -0.1) is 0 Å². The highest BCUT2D eigenvalue weighted by Gasteiger charge is 2.34. The molecule has 0 saturated heterocycles. The summed E-state index contributed by atoms with van der Waals surface area (Å²) >= 11 is 0. The number of nitro groups is 1. The van der Waals surface area contributed by atoms with Crippen LogP contribution >= 0.6 is 0 Å². The molecule has 0 bridgehead atoms. The average Bonchev–Trinajstić information content (AvgIpc) is 2.35. The molecule has 8 heteroatoms. The summed E-state index contributed by atoms with van der Waals surface area (Å²) in [7, 11) is 0. The lowest BCUT2D eigenvalue weighted by Gasteiger charge is -2.28. The number of rotatable bonds is 6. The second kappa shape index (κ2) is 6.08. The molecule has 20 heavy (non-hydrogen) atoms. The van der Waals surface area contributed by atoms with E-state index < -0.39 is 35.3 Å². The predicted molar refractivity (Wildman–Crippen MR) is 65.8 cm³/mol. The van der Waals surface area contributed by atoms with Gasteiger partial charge in [0.1, 0.15) is 18.0 Å².